The number of hydrogen-bond acceptors (Lipinski definition) is 3. The van der Waals surface area contributed by atoms with Crippen molar-refractivity contribution in [2.24, 2.45) is 0 Å². The van der Waals surface area contributed by atoms with Gasteiger partial charge in [-0.2, -0.15) is 0 Å². The van der Waals surface area contributed by atoms with E-state index in [0.29, 0.717) is 18.8 Å². The highest BCUT2D eigenvalue weighted by atomic mass is 32.1. The third-order valence-electron chi connectivity index (χ3n) is 6.92. The van der Waals surface area contributed by atoms with Gasteiger partial charge >= 0.3 is 0 Å². The van der Waals surface area contributed by atoms with E-state index in [0.717, 1.165) is 35.9 Å². The summed E-state index contributed by atoms with van der Waals surface area (Å²) < 4.78 is 3.16. The van der Waals surface area contributed by atoms with E-state index in [-0.39, 0.29) is 17.9 Å². The number of benzene rings is 1. The predicted octanol–water partition coefficient (Wildman–Crippen LogP) is 4.61. The molecular formula is C25H29N3O2S. The van der Waals surface area contributed by atoms with Crippen molar-refractivity contribution < 1.29 is 9.59 Å². The van der Waals surface area contributed by atoms with Crippen molar-refractivity contribution in [1.29, 1.82) is 0 Å². The number of hydrogen-bond donors (Lipinski definition) is 1. The van der Waals surface area contributed by atoms with Crippen LogP contribution in [0.25, 0.3) is 10.2 Å². The number of thiophene rings is 1. The van der Waals surface area contributed by atoms with E-state index in [1.54, 1.807) is 11.3 Å². The molecule has 2 amide bonds. The maximum atomic E-state index is 13.6. The molecule has 0 saturated heterocycles. The van der Waals surface area contributed by atoms with Gasteiger partial charge in [-0.1, -0.05) is 43.2 Å². The number of aryl methyl sites for hydroxylation is 1. The van der Waals surface area contributed by atoms with Gasteiger partial charge in [0.25, 0.3) is 5.91 Å². The smallest absolute Gasteiger partial charge is 0.271 e. The monoisotopic (exact) mass is 435 g/mol. The van der Waals surface area contributed by atoms with Crippen molar-refractivity contribution in [2.45, 2.75) is 63.6 Å². The molecule has 31 heavy (non-hydrogen) atoms. The Kier molecular flexibility index (Phi) is 5.34. The van der Waals surface area contributed by atoms with Gasteiger partial charge in [-0.15, -0.1) is 11.3 Å². The lowest BCUT2D eigenvalue weighted by atomic mass is 9.93. The van der Waals surface area contributed by atoms with Crippen LogP contribution in [0.1, 0.15) is 55.1 Å². The summed E-state index contributed by atoms with van der Waals surface area (Å²) in [6, 6.07) is 14.6. The lowest BCUT2D eigenvalue weighted by Gasteiger charge is -2.44. The number of carbonyl (C=O) groups excluding carboxylic acids is 2. The van der Waals surface area contributed by atoms with Crippen LogP contribution in [-0.2, 0) is 17.8 Å². The Bertz CT molecular complexity index is 1100. The van der Waals surface area contributed by atoms with Gasteiger partial charge in [-0.05, 0) is 55.7 Å². The second-order valence-corrected chi connectivity index (χ2v) is 10.0. The maximum absolute atomic E-state index is 13.6. The Morgan fingerprint density at radius 2 is 1.97 bits per heavy atom. The van der Waals surface area contributed by atoms with Gasteiger partial charge in [-0.25, -0.2) is 0 Å². The van der Waals surface area contributed by atoms with Gasteiger partial charge in [0.15, 0.2) is 0 Å². The Morgan fingerprint density at radius 3 is 2.74 bits per heavy atom. The van der Waals surface area contributed by atoms with Crippen molar-refractivity contribution in [3.05, 3.63) is 59.1 Å². The second-order valence-electron chi connectivity index (χ2n) is 9.06. The molecule has 3 aromatic rings. The molecule has 1 unspecified atom stereocenters. The molecule has 1 aliphatic heterocycles. The molecule has 1 saturated carbocycles. The van der Waals surface area contributed by atoms with Crippen LogP contribution < -0.4 is 5.32 Å². The minimum Gasteiger partial charge on any atom is -0.351 e. The molecule has 0 spiro atoms. The first kappa shape index (κ1) is 20.3. The molecule has 1 N–H and O–H groups in total. The highest BCUT2D eigenvalue weighted by molar-refractivity contribution is 7.17. The fraction of sp³-hybridized carbons (Fsp3) is 0.440. The molecule has 0 radical (unpaired) electrons. The molecule has 6 heteroatoms. The summed E-state index contributed by atoms with van der Waals surface area (Å²) in [7, 11) is 0. The van der Waals surface area contributed by atoms with Crippen LogP contribution in [-0.4, -0.2) is 39.4 Å². The first-order chi connectivity index (χ1) is 15.1. The molecule has 5 nitrogen and oxygen atoms in total. The lowest BCUT2D eigenvalue weighted by Crippen LogP contribution is -2.64. The van der Waals surface area contributed by atoms with Gasteiger partial charge < -0.3 is 14.8 Å². The molecule has 1 fully saturated rings. The Hall–Kier alpha value is -2.60. The van der Waals surface area contributed by atoms with E-state index in [1.165, 1.54) is 18.4 Å². The zero-order chi connectivity index (χ0) is 21.4. The molecule has 0 bridgehead atoms. The Labute approximate surface area is 187 Å². The summed E-state index contributed by atoms with van der Waals surface area (Å²) in [5, 5.41) is 5.32. The van der Waals surface area contributed by atoms with Crippen molar-refractivity contribution >= 4 is 33.4 Å². The molecule has 1 aromatic carbocycles. The zero-order valence-electron chi connectivity index (χ0n) is 18.0. The van der Waals surface area contributed by atoms with Gasteiger partial charge in [-0.3, -0.25) is 9.59 Å². The number of fused-ring (bicyclic) bond motifs is 3. The lowest BCUT2D eigenvalue weighted by molar-refractivity contribution is -0.133. The number of aromatic nitrogens is 1. The quantitative estimate of drug-likeness (QED) is 0.615. The van der Waals surface area contributed by atoms with E-state index in [1.807, 2.05) is 41.5 Å². The zero-order valence-corrected chi connectivity index (χ0v) is 18.8. The van der Waals surface area contributed by atoms with E-state index < -0.39 is 5.54 Å². The van der Waals surface area contributed by atoms with Crippen molar-refractivity contribution in [3.63, 3.8) is 0 Å². The summed E-state index contributed by atoms with van der Waals surface area (Å²) in [6.07, 6.45) is 6.12. The summed E-state index contributed by atoms with van der Waals surface area (Å²) >= 11 is 1.64. The minimum atomic E-state index is -0.892. The topological polar surface area (TPSA) is 54.3 Å². The van der Waals surface area contributed by atoms with Gasteiger partial charge in [0.1, 0.15) is 11.2 Å². The number of nitrogens with zero attached hydrogens (tertiary/aromatic N) is 2. The predicted molar refractivity (Wildman–Crippen MR) is 124 cm³/mol. The first-order valence-electron chi connectivity index (χ1n) is 11.3. The van der Waals surface area contributed by atoms with Crippen molar-refractivity contribution in [3.8, 4) is 0 Å². The van der Waals surface area contributed by atoms with Crippen LogP contribution in [0.4, 0.5) is 0 Å². The molecule has 1 aliphatic carbocycles. The normalized spacial score (nSPS) is 21.6. The SMILES string of the molecule is CC1(C(=O)NC2CCCC2)Cn2c(cc3sccc32)C(=O)N1CCCc1ccccc1. The molecular weight excluding hydrogens is 406 g/mol. The fourth-order valence-electron chi connectivity index (χ4n) is 5.12. The van der Waals surface area contributed by atoms with E-state index >= 15 is 0 Å². The number of nitrogens with one attached hydrogen (secondary N) is 1. The largest absolute Gasteiger partial charge is 0.351 e. The third-order valence-corrected chi connectivity index (χ3v) is 7.77. The van der Waals surface area contributed by atoms with Crippen molar-refractivity contribution in [1.82, 2.24) is 14.8 Å². The van der Waals surface area contributed by atoms with Crippen LogP contribution in [0.15, 0.2) is 47.8 Å². The van der Waals surface area contributed by atoms with E-state index in [2.05, 4.69) is 28.1 Å². The Balaban J connectivity index is 1.43. The number of carbonyl (C=O) groups is 2. The third kappa shape index (κ3) is 3.67. The molecule has 1 atom stereocenters. The highest BCUT2D eigenvalue weighted by Crippen LogP contribution is 2.35. The molecule has 162 valence electrons. The minimum absolute atomic E-state index is 0.0183. The van der Waals surface area contributed by atoms with Crippen LogP contribution in [0.2, 0.25) is 0 Å². The summed E-state index contributed by atoms with van der Waals surface area (Å²) in [4.78, 5) is 29.0. The van der Waals surface area contributed by atoms with Gasteiger partial charge in [0.2, 0.25) is 5.91 Å². The average molecular weight is 436 g/mol. The van der Waals surface area contributed by atoms with Crippen LogP contribution >= 0.6 is 11.3 Å². The first-order valence-corrected chi connectivity index (χ1v) is 12.2. The van der Waals surface area contributed by atoms with E-state index in [4.69, 9.17) is 0 Å². The highest BCUT2D eigenvalue weighted by Gasteiger charge is 2.48. The fourth-order valence-corrected chi connectivity index (χ4v) is 5.94. The van der Waals surface area contributed by atoms with Gasteiger partial charge in [0, 0.05) is 12.6 Å². The standard InChI is InChI=1S/C25H29N3O2S/c1-25(24(30)26-19-11-5-6-12-19)17-27-20-13-15-31-22(20)16-21(27)23(29)28(25)14-7-10-18-8-3-2-4-9-18/h2-4,8-9,13,15-16,19H,5-7,10-12,14,17H2,1H3,(H,26,30). The summed E-state index contributed by atoms with van der Waals surface area (Å²) in [5.41, 5.74) is 2.12. The molecule has 2 aromatic heterocycles. The van der Waals surface area contributed by atoms with E-state index in [9.17, 15) is 9.59 Å². The van der Waals surface area contributed by atoms with Crippen LogP contribution in [0, 0.1) is 0 Å². The number of amides is 2. The van der Waals surface area contributed by atoms with Crippen molar-refractivity contribution in [2.75, 3.05) is 6.54 Å². The summed E-state index contributed by atoms with van der Waals surface area (Å²) in [5.74, 6) is -0.0537. The van der Waals surface area contributed by atoms with Gasteiger partial charge in [0.05, 0.1) is 16.8 Å². The maximum Gasteiger partial charge on any atom is 0.271 e. The number of rotatable bonds is 6. The van der Waals surface area contributed by atoms with Crippen LogP contribution in [0.3, 0.4) is 0 Å². The summed E-state index contributed by atoms with van der Waals surface area (Å²) in [6.45, 7) is 3.01. The average Bonchev–Trinajstić information content (AvgIpc) is 3.50. The second kappa shape index (κ2) is 8.15. The van der Waals surface area contributed by atoms with Crippen LogP contribution in [0.5, 0.6) is 0 Å². The Morgan fingerprint density at radius 1 is 1.19 bits per heavy atom. The molecule has 3 heterocycles. The molecule has 2 aliphatic rings. The molecule has 5 rings (SSSR count).